The predicted molar refractivity (Wildman–Crippen MR) is 50.1 cm³/mol. The third kappa shape index (κ3) is 3.90. The highest BCUT2D eigenvalue weighted by Crippen LogP contribution is 2.12. The minimum atomic E-state index is -1.20. The van der Waals surface area contributed by atoms with E-state index >= 15 is 0 Å². The quantitative estimate of drug-likeness (QED) is 0.391. The second-order valence-corrected chi connectivity index (χ2v) is 3.38. The van der Waals surface area contributed by atoms with Gasteiger partial charge in [-0.1, -0.05) is 6.08 Å². The summed E-state index contributed by atoms with van der Waals surface area (Å²) in [7, 11) is 0. The van der Waals surface area contributed by atoms with Gasteiger partial charge in [0, 0.05) is 6.42 Å². The van der Waals surface area contributed by atoms with E-state index in [1.165, 1.54) is 13.0 Å². The van der Waals surface area contributed by atoms with Crippen molar-refractivity contribution in [2.24, 2.45) is 5.11 Å². The Morgan fingerprint density at radius 1 is 1.62 bits per heavy atom. The van der Waals surface area contributed by atoms with Crippen molar-refractivity contribution in [1.82, 2.24) is 4.91 Å². The number of carboxylic acid groups (broad SMARTS) is 1. The van der Waals surface area contributed by atoms with E-state index in [2.05, 4.69) is 10.0 Å². The normalized spacial score (nSPS) is 25.9. The fourth-order valence-corrected chi connectivity index (χ4v) is 1.17. The van der Waals surface area contributed by atoms with Crippen LogP contribution in [0, 0.1) is 5.53 Å². The van der Waals surface area contributed by atoms with Gasteiger partial charge in [0.25, 0.3) is 0 Å². The van der Waals surface area contributed by atoms with Gasteiger partial charge in [-0.05, 0) is 12.5 Å². The molecule has 0 saturated carbocycles. The van der Waals surface area contributed by atoms with Crippen LogP contribution in [0.1, 0.15) is 13.3 Å². The number of carbonyl (C=O) groups excluding carboxylic acids is 1. The van der Waals surface area contributed by atoms with Gasteiger partial charge >= 0.3 is 0 Å². The van der Waals surface area contributed by atoms with Crippen LogP contribution in [0.3, 0.4) is 0 Å². The maximum atomic E-state index is 10.4. The molecule has 0 aromatic rings. The van der Waals surface area contributed by atoms with Crippen molar-refractivity contribution >= 4 is 5.97 Å². The first-order chi connectivity index (χ1) is 7.63. The van der Waals surface area contributed by atoms with Crippen molar-refractivity contribution in [3.63, 3.8) is 0 Å². The van der Waals surface area contributed by atoms with Crippen LogP contribution in [0.15, 0.2) is 16.8 Å². The van der Waals surface area contributed by atoms with Crippen LogP contribution in [0.2, 0.25) is 0 Å². The van der Waals surface area contributed by atoms with Crippen molar-refractivity contribution in [3.05, 3.63) is 11.6 Å². The van der Waals surface area contributed by atoms with Crippen LogP contribution in [-0.2, 0) is 14.3 Å². The molecule has 1 fully saturated rings. The van der Waals surface area contributed by atoms with Gasteiger partial charge in [0.2, 0.25) is 4.91 Å². The van der Waals surface area contributed by atoms with Crippen LogP contribution < -0.4 is 10.0 Å². The first-order valence-corrected chi connectivity index (χ1v) is 4.81. The lowest BCUT2D eigenvalue weighted by Gasteiger charge is -2.24. The Hall–Kier alpha value is -1.56. The molecule has 16 heavy (non-hydrogen) atoms. The SMILES string of the molecule is CC(=CCC1OCC(N=[N+]=N)CO1)C(=O)[O-]. The summed E-state index contributed by atoms with van der Waals surface area (Å²) in [6.45, 7) is 2.10. The molecule has 0 aromatic carbocycles. The molecule has 1 saturated heterocycles. The molecule has 1 aliphatic rings. The van der Waals surface area contributed by atoms with Gasteiger partial charge in [-0.3, -0.25) is 0 Å². The summed E-state index contributed by atoms with van der Waals surface area (Å²) in [4.78, 5) is 13.3. The molecule has 0 amide bonds. The Balaban J connectivity index is 2.35. The van der Waals surface area contributed by atoms with E-state index in [-0.39, 0.29) is 11.6 Å². The molecule has 0 aromatic heterocycles. The molecule has 0 atom stereocenters. The molecule has 1 heterocycles. The molecule has 0 radical (unpaired) electrons. The van der Waals surface area contributed by atoms with Gasteiger partial charge < -0.3 is 19.4 Å². The topological polar surface area (TPSA) is 109 Å². The van der Waals surface area contributed by atoms with E-state index in [9.17, 15) is 9.90 Å². The number of rotatable bonds is 4. The van der Waals surface area contributed by atoms with Crippen molar-refractivity contribution in [1.29, 1.82) is 5.53 Å². The summed E-state index contributed by atoms with van der Waals surface area (Å²) in [5, 5.41) is 14.0. The molecule has 1 aliphatic heterocycles. The van der Waals surface area contributed by atoms with E-state index in [4.69, 9.17) is 15.0 Å². The minimum absolute atomic E-state index is 0.153. The zero-order chi connectivity index (χ0) is 12.0. The number of hydrogen-bond acceptors (Lipinski definition) is 6. The first kappa shape index (κ1) is 12.5. The second-order valence-electron chi connectivity index (χ2n) is 3.38. The van der Waals surface area contributed by atoms with Crippen LogP contribution in [0.4, 0.5) is 0 Å². The number of nitrogens with one attached hydrogen (secondary N) is 1. The average molecular weight is 227 g/mol. The van der Waals surface area contributed by atoms with E-state index in [1.807, 2.05) is 0 Å². The number of carbonyl (C=O) groups is 1. The minimum Gasteiger partial charge on any atom is -0.545 e. The maximum absolute atomic E-state index is 10.4. The van der Waals surface area contributed by atoms with Crippen LogP contribution in [0.25, 0.3) is 0 Å². The largest absolute Gasteiger partial charge is 0.545 e. The number of aliphatic carboxylic acids is 1. The maximum Gasteiger partial charge on any atom is 0.214 e. The fraction of sp³-hybridized carbons (Fsp3) is 0.667. The van der Waals surface area contributed by atoms with Crippen molar-refractivity contribution in [2.45, 2.75) is 25.7 Å². The van der Waals surface area contributed by atoms with Crippen molar-refractivity contribution < 1.29 is 19.4 Å². The summed E-state index contributed by atoms with van der Waals surface area (Å²) < 4.78 is 10.5. The summed E-state index contributed by atoms with van der Waals surface area (Å²) in [5.41, 5.74) is 6.69. The Morgan fingerprint density at radius 3 is 2.75 bits per heavy atom. The molecule has 1 N–H and O–H groups in total. The Labute approximate surface area is 92.3 Å². The van der Waals surface area contributed by atoms with Crippen LogP contribution in [0.5, 0.6) is 0 Å². The van der Waals surface area contributed by atoms with Gasteiger partial charge in [-0.2, -0.15) is 0 Å². The summed E-state index contributed by atoms with van der Waals surface area (Å²) in [5.74, 6) is -1.20. The zero-order valence-corrected chi connectivity index (χ0v) is 8.88. The highest BCUT2D eigenvalue weighted by molar-refractivity contribution is 5.83. The van der Waals surface area contributed by atoms with E-state index in [1.54, 1.807) is 0 Å². The summed E-state index contributed by atoms with van der Waals surface area (Å²) in [6.07, 6.45) is 1.38. The molecular weight excluding hydrogens is 214 g/mol. The lowest BCUT2D eigenvalue weighted by molar-refractivity contribution is -0.299. The molecule has 0 unspecified atom stereocenters. The van der Waals surface area contributed by atoms with Crippen LogP contribution in [-0.4, -0.2) is 31.5 Å². The third-order valence-electron chi connectivity index (χ3n) is 2.11. The third-order valence-corrected chi connectivity index (χ3v) is 2.11. The molecule has 1 rings (SSSR count). The standard InChI is InChI=1S/C9H13N3O4/c1-6(9(13)14)2-3-8-15-4-7(5-16-8)11-12-10/h2,7-8,10H,3-5H2,1H3. The lowest BCUT2D eigenvalue weighted by atomic mass is 10.2. The van der Waals surface area contributed by atoms with E-state index in [0.717, 1.165) is 0 Å². The Morgan fingerprint density at radius 2 is 2.25 bits per heavy atom. The number of nitrogens with zero attached hydrogens (tertiary/aromatic N) is 2. The number of carboxylic acids is 1. The summed E-state index contributed by atoms with van der Waals surface area (Å²) in [6, 6.07) is -0.250. The monoisotopic (exact) mass is 227 g/mol. The van der Waals surface area contributed by atoms with E-state index < -0.39 is 12.3 Å². The van der Waals surface area contributed by atoms with Gasteiger partial charge in [0.1, 0.15) is 10.6 Å². The van der Waals surface area contributed by atoms with Crippen molar-refractivity contribution in [2.75, 3.05) is 13.2 Å². The number of hydrogen-bond donors (Lipinski definition) is 1. The van der Waals surface area contributed by atoms with Gasteiger partial charge in [0.15, 0.2) is 12.3 Å². The zero-order valence-electron chi connectivity index (χ0n) is 8.88. The van der Waals surface area contributed by atoms with Gasteiger partial charge in [0.05, 0.1) is 19.2 Å². The Bertz CT molecular complexity index is 328. The average Bonchev–Trinajstić information content (AvgIpc) is 2.28. The molecule has 0 spiro atoms. The molecule has 7 heteroatoms. The molecule has 0 aliphatic carbocycles. The van der Waals surface area contributed by atoms with Crippen LogP contribution >= 0.6 is 0 Å². The van der Waals surface area contributed by atoms with E-state index in [0.29, 0.717) is 19.6 Å². The smallest absolute Gasteiger partial charge is 0.214 e. The molecule has 0 bridgehead atoms. The lowest BCUT2D eigenvalue weighted by Crippen LogP contribution is -2.34. The number of ether oxygens (including phenoxy) is 2. The van der Waals surface area contributed by atoms with Gasteiger partial charge in [-0.25, -0.2) is 0 Å². The van der Waals surface area contributed by atoms with Gasteiger partial charge in [-0.15, -0.1) is 0 Å². The van der Waals surface area contributed by atoms with Crippen molar-refractivity contribution in [3.8, 4) is 0 Å². The Kier molecular flexibility index (Phi) is 4.78. The molecule has 7 nitrogen and oxygen atoms in total. The predicted octanol–water partition coefficient (Wildman–Crippen LogP) is -0.635. The summed E-state index contributed by atoms with van der Waals surface area (Å²) >= 11 is 0. The highest BCUT2D eigenvalue weighted by atomic mass is 16.7. The molecular formula is C9H13N3O4. The molecule has 88 valence electrons. The second kappa shape index (κ2) is 6.12. The highest BCUT2D eigenvalue weighted by Gasteiger charge is 2.24. The fourth-order valence-electron chi connectivity index (χ4n) is 1.17. The first-order valence-electron chi connectivity index (χ1n) is 4.81.